The lowest BCUT2D eigenvalue weighted by Crippen LogP contribution is -2.01. The van der Waals surface area contributed by atoms with Crippen molar-refractivity contribution >= 4 is 24.9 Å². The molecule has 1 rings (SSSR count). The molecule has 0 N–H and O–H groups in total. The molecule has 0 saturated carbocycles. The Hall–Kier alpha value is -0.495. The van der Waals surface area contributed by atoms with Gasteiger partial charge in [0.15, 0.2) is 0 Å². The highest BCUT2D eigenvalue weighted by atomic mass is 35.5. The average Bonchev–Trinajstić information content (AvgIpc) is 1.80. The van der Waals surface area contributed by atoms with Crippen LogP contribution in [0.25, 0.3) is 0 Å². The first-order valence-corrected chi connectivity index (χ1v) is 2.78. The first-order chi connectivity index (χ1) is 4.20. The summed E-state index contributed by atoms with van der Waals surface area (Å²) in [6, 6.07) is 4.15. The largest absolute Gasteiger partial charge is 0.205 e. The predicted octanol–water partition coefficient (Wildman–Crippen LogP) is 1.27. The van der Waals surface area contributed by atoms with E-state index in [0.717, 1.165) is 0 Å². The van der Waals surface area contributed by atoms with E-state index in [-0.39, 0.29) is 5.02 Å². The van der Waals surface area contributed by atoms with Gasteiger partial charge >= 0.3 is 0 Å². The molecule has 0 aliphatic rings. The third-order valence-corrected chi connectivity index (χ3v) is 1.25. The molecule has 9 heavy (non-hydrogen) atoms. The minimum Gasteiger partial charge on any atom is -0.205 e. The van der Waals surface area contributed by atoms with Gasteiger partial charge in [0, 0.05) is 0 Å². The Morgan fingerprint density at radius 2 is 2.11 bits per heavy atom. The molecule has 0 fully saturated rings. The second kappa shape index (κ2) is 2.40. The average molecular weight is 140 g/mol. The highest BCUT2D eigenvalue weighted by molar-refractivity contribution is 6.34. The molecule has 0 amide bonds. The van der Waals surface area contributed by atoms with E-state index in [4.69, 9.17) is 19.4 Å². The van der Waals surface area contributed by atoms with Gasteiger partial charge in [0.05, 0.1) is 5.02 Å². The fraction of sp³-hybridized carbons (Fsp3) is 0. The number of hydrogen-bond acceptors (Lipinski definition) is 0. The second-order valence-electron chi connectivity index (χ2n) is 1.67. The van der Waals surface area contributed by atoms with Crippen molar-refractivity contribution in [3.63, 3.8) is 0 Å². The van der Waals surface area contributed by atoms with Crippen LogP contribution in [-0.4, -0.2) is 7.85 Å². The number of rotatable bonds is 0. The van der Waals surface area contributed by atoms with Crippen LogP contribution < -0.4 is 5.46 Å². The van der Waals surface area contributed by atoms with E-state index < -0.39 is 5.82 Å². The maximum Gasteiger partial charge on any atom is 0.141 e. The molecule has 2 radical (unpaired) electrons. The molecular formula is C6H3BClF. The molecule has 0 spiro atoms. The zero-order valence-corrected chi connectivity index (χ0v) is 5.32. The van der Waals surface area contributed by atoms with E-state index in [1.54, 1.807) is 6.07 Å². The molecule has 0 bridgehead atoms. The van der Waals surface area contributed by atoms with Crippen molar-refractivity contribution in [3.05, 3.63) is 29.0 Å². The fourth-order valence-electron chi connectivity index (χ4n) is 0.512. The van der Waals surface area contributed by atoms with Crippen molar-refractivity contribution in [1.29, 1.82) is 0 Å². The van der Waals surface area contributed by atoms with Gasteiger partial charge in [-0.05, 0) is 12.1 Å². The number of benzene rings is 1. The van der Waals surface area contributed by atoms with Gasteiger partial charge in [0.1, 0.15) is 13.7 Å². The summed E-state index contributed by atoms with van der Waals surface area (Å²) in [5.74, 6) is -0.475. The van der Waals surface area contributed by atoms with Crippen molar-refractivity contribution in [2.45, 2.75) is 0 Å². The Bertz CT molecular complexity index is 224. The SMILES string of the molecule is [B]c1ccc(Cl)c(F)c1. The van der Waals surface area contributed by atoms with Gasteiger partial charge in [-0.2, -0.15) is 0 Å². The zero-order chi connectivity index (χ0) is 6.85. The topological polar surface area (TPSA) is 0 Å². The van der Waals surface area contributed by atoms with Gasteiger partial charge in [-0.15, -0.1) is 0 Å². The van der Waals surface area contributed by atoms with Crippen molar-refractivity contribution < 1.29 is 4.39 Å². The molecule has 0 aliphatic heterocycles. The van der Waals surface area contributed by atoms with Crippen molar-refractivity contribution in [3.8, 4) is 0 Å². The van der Waals surface area contributed by atoms with Crippen LogP contribution >= 0.6 is 11.6 Å². The molecular weight excluding hydrogens is 137 g/mol. The monoisotopic (exact) mass is 140 g/mol. The lowest BCUT2D eigenvalue weighted by molar-refractivity contribution is 0.629. The van der Waals surface area contributed by atoms with E-state index >= 15 is 0 Å². The first-order valence-electron chi connectivity index (χ1n) is 2.40. The van der Waals surface area contributed by atoms with Crippen LogP contribution in [0.5, 0.6) is 0 Å². The molecule has 3 heteroatoms. The zero-order valence-electron chi connectivity index (χ0n) is 4.57. The van der Waals surface area contributed by atoms with Crippen LogP contribution in [0.15, 0.2) is 18.2 Å². The Morgan fingerprint density at radius 3 is 2.56 bits per heavy atom. The van der Waals surface area contributed by atoms with Crippen LogP contribution in [0.4, 0.5) is 4.39 Å². The molecule has 0 atom stereocenters. The summed E-state index contributed by atoms with van der Waals surface area (Å²) in [6.45, 7) is 0. The quantitative estimate of drug-likeness (QED) is 0.476. The molecule has 1 aromatic rings. The summed E-state index contributed by atoms with van der Waals surface area (Å²) in [5.41, 5.74) is 0.386. The van der Waals surface area contributed by atoms with Gasteiger partial charge in [0.2, 0.25) is 0 Å². The van der Waals surface area contributed by atoms with E-state index in [2.05, 4.69) is 0 Å². The Morgan fingerprint density at radius 1 is 1.44 bits per heavy atom. The minimum atomic E-state index is -0.475. The molecule has 0 nitrogen and oxygen atoms in total. The molecule has 1 aromatic carbocycles. The lowest BCUT2D eigenvalue weighted by Gasteiger charge is -1.93. The summed E-state index contributed by atoms with van der Waals surface area (Å²) in [4.78, 5) is 0. The summed E-state index contributed by atoms with van der Waals surface area (Å²) in [6.07, 6.45) is 0. The van der Waals surface area contributed by atoms with Gasteiger partial charge in [-0.25, -0.2) is 4.39 Å². The molecule has 0 aliphatic carbocycles. The van der Waals surface area contributed by atoms with Gasteiger partial charge in [0.25, 0.3) is 0 Å². The van der Waals surface area contributed by atoms with E-state index in [1.807, 2.05) is 0 Å². The molecule has 0 aromatic heterocycles. The normalized spacial score (nSPS) is 9.56. The maximum atomic E-state index is 12.4. The van der Waals surface area contributed by atoms with E-state index in [1.165, 1.54) is 12.1 Å². The standard InChI is InChI=1S/C6H3BClF/c7-4-1-2-5(8)6(9)3-4/h1-3H. The summed E-state index contributed by atoms with van der Waals surface area (Å²) < 4.78 is 12.4. The van der Waals surface area contributed by atoms with Crippen LogP contribution in [-0.2, 0) is 0 Å². The number of halogens is 2. The maximum absolute atomic E-state index is 12.4. The summed E-state index contributed by atoms with van der Waals surface area (Å²) >= 11 is 5.35. The number of hydrogen-bond donors (Lipinski definition) is 0. The van der Waals surface area contributed by atoms with Gasteiger partial charge < -0.3 is 0 Å². The predicted molar refractivity (Wildman–Crippen MR) is 36.8 cm³/mol. The van der Waals surface area contributed by atoms with E-state index in [0.29, 0.717) is 5.46 Å². The second-order valence-corrected chi connectivity index (χ2v) is 2.08. The lowest BCUT2D eigenvalue weighted by atomic mass is 9.97. The van der Waals surface area contributed by atoms with Crippen molar-refractivity contribution in [2.24, 2.45) is 0 Å². The third-order valence-electron chi connectivity index (χ3n) is 0.944. The highest BCUT2D eigenvalue weighted by Gasteiger charge is 1.95. The van der Waals surface area contributed by atoms with Crippen LogP contribution in [0.1, 0.15) is 0 Å². The minimum absolute atomic E-state index is 0.101. The Balaban J connectivity index is 3.17. The summed E-state index contributed by atoms with van der Waals surface area (Å²) in [5, 5.41) is 0.101. The fourth-order valence-corrected chi connectivity index (χ4v) is 0.630. The smallest absolute Gasteiger partial charge is 0.141 e. The van der Waals surface area contributed by atoms with Crippen LogP contribution in [0, 0.1) is 5.82 Å². The molecule has 0 saturated heterocycles. The third kappa shape index (κ3) is 1.45. The summed E-state index contributed by atoms with van der Waals surface area (Å²) in [7, 11) is 5.23. The Kier molecular flexibility index (Phi) is 1.77. The van der Waals surface area contributed by atoms with E-state index in [9.17, 15) is 4.39 Å². The molecule has 0 heterocycles. The molecule has 0 unspecified atom stereocenters. The van der Waals surface area contributed by atoms with Crippen LogP contribution in [0.3, 0.4) is 0 Å². The van der Waals surface area contributed by atoms with Gasteiger partial charge in [-0.3, -0.25) is 0 Å². The van der Waals surface area contributed by atoms with Crippen molar-refractivity contribution in [1.82, 2.24) is 0 Å². The molecule has 44 valence electrons. The highest BCUT2D eigenvalue weighted by Crippen LogP contribution is 2.10. The van der Waals surface area contributed by atoms with Gasteiger partial charge in [-0.1, -0.05) is 23.1 Å². The Labute approximate surface area is 59.1 Å². The van der Waals surface area contributed by atoms with Crippen LogP contribution in [0.2, 0.25) is 5.02 Å². The van der Waals surface area contributed by atoms with Crippen molar-refractivity contribution in [2.75, 3.05) is 0 Å². The first kappa shape index (κ1) is 6.62.